The smallest absolute Gasteiger partial charge is 0.410 e. The van der Waals surface area contributed by atoms with E-state index in [2.05, 4.69) is 32.7 Å². The second kappa shape index (κ2) is 6.22. The summed E-state index contributed by atoms with van der Waals surface area (Å²) >= 11 is 3.44. The quantitative estimate of drug-likeness (QED) is 0.775. The number of piperazine rings is 1. The Morgan fingerprint density at radius 3 is 2.67 bits per heavy atom. The number of hydrogen-bond donors (Lipinski definition) is 0. The molecule has 1 aliphatic rings. The van der Waals surface area contributed by atoms with Crippen molar-refractivity contribution >= 4 is 27.7 Å². The predicted molar refractivity (Wildman–Crippen MR) is 86.6 cm³/mol. The fraction of sp³-hybridized carbons (Fsp3) is 0.600. The van der Waals surface area contributed by atoms with E-state index in [9.17, 15) is 4.79 Å². The van der Waals surface area contributed by atoms with Crippen molar-refractivity contribution in [3.05, 3.63) is 22.9 Å². The number of amides is 1. The number of ether oxygens (including phenoxy) is 1. The molecule has 1 unspecified atom stereocenters. The highest BCUT2D eigenvalue weighted by atomic mass is 79.9. The lowest BCUT2D eigenvalue weighted by molar-refractivity contribution is 0.0219. The molecule has 116 valence electrons. The molecule has 0 bridgehead atoms. The standard InChI is InChI=1S/C15H22BrN3O2/c1-11-10-18(14(20)21-15(2,3)4)5-6-19(11)13-7-12(16)8-17-9-13/h7-9,11H,5-6,10H2,1-4H3. The van der Waals surface area contributed by atoms with Crippen molar-refractivity contribution in [2.24, 2.45) is 0 Å². The first kappa shape index (κ1) is 16.1. The predicted octanol–water partition coefficient (Wildman–Crippen LogP) is 3.29. The van der Waals surface area contributed by atoms with Crippen molar-refractivity contribution in [2.75, 3.05) is 24.5 Å². The number of aromatic nitrogens is 1. The summed E-state index contributed by atoms with van der Waals surface area (Å²) in [5, 5.41) is 0. The van der Waals surface area contributed by atoms with E-state index in [1.54, 1.807) is 11.1 Å². The zero-order valence-corrected chi connectivity index (χ0v) is 14.6. The number of carbonyl (C=O) groups is 1. The fourth-order valence-electron chi connectivity index (χ4n) is 2.39. The maximum atomic E-state index is 12.1. The number of nitrogens with zero attached hydrogens (tertiary/aromatic N) is 3. The molecular formula is C15H22BrN3O2. The summed E-state index contributed by atoms with van der Waals surface area (Å²) in [6.45, 7) is 9.86. The van der Waals surface area contributed by atoms with Crippen LogP contribution in [0.4, 0.5) is 10.5 Å². The zero-order valence-electron chi connectivity index (χ0n) is 13.0. The van der Waals surface area contributed by atoms with Crippen LogP contribution in [0, 0.1) is 0 Å². The fourth-order valence-corrected chi connectivity index (χ4v) is 2.74. The molecule has 0 aromatic carbocycles. The lowest BCUT2D eigenvalue weighted by Crippen LogP contribution is -2.54. The second-order valence-electron chi connectivity index (χ2n) is 6.33. The Balaban J connectivity index is 2.01. The van der Waals surface area contributed by atoms with Crippen LogP contribution in [-0.4, -0.2) is 47.3 Å². The largest absolute Gasteiger partial charge is 0.444 e. The van der Waals surface area contributed by atoms with Crippen LogP contribution in [0.5, 0.6) is 0 Å². The molecule has 1 amide bonds. The Hall–Kier alpha value is -1.30. The number of rotatable bonds is 1. The molecule has 6 heteroatoms. The average molecular weight is 356 g/mol. The Kier molecular flexibility index (Phi) is 4.76. The van der Waals surface area contributed by atoms with Crippen LogP contribution in [0.1, 0.15) is 27.7 Å². The summed E-state index contributed by atoms with van der Waals surface area (Å²) in [5.74, 6) is 0. The third kappa shape index (κ3) is 4.33. The van der Waals surface area contributed by atoms with E-state index in [1.807, 2.05) is 33.0 Å². The van der Waals surface area contributed by atoms with E-state index in [-0.39, 0.29) is 12.1 Å². The first-order valence-electron chi connectivity index (χ1n) is 7.11. The SMILES string of the molecule is CC1CN(C(=O)OC(C)(C)C)CCN1c1cncc(Br)c1. The molecule has 0 spiro atoms. The van der Waals surface area contributed by atoms with Gasteiger partial charge in [0, 0.05) is 36.3 Å². The monoisotopic (exact) mass is 355 g/mol. The van der Waals surface area contributed by atoms with Crippen molar-refractivity contribution in [3.8, 4) is 0 Å². The third-order valence-corrected chi connectivity index (χ3v) is 3.73. The van der Waals surface area contributed by atoms with Crippen molar-refractivity contribution < 1.29 is 9.53 Å². The molecule has 5 nitrogen and oxygen atoms in total. The van der Waals surface area contributed by atoms with Gasteiger partial charge in [0.15, 0.2) is 0 Å². The summed E-state index contributed by atoms with van der Waals surface area (Å²) in [7, 11) is 0. The van der Waals surface area contributed by atoms with E-state index in [0.29, 0.717) is 13.1 Å². The first-order valence-corrected chi connectivity index (χ1v) is 7.91. The molecule has 0 N–H and O–H groups in total. The van der Waals surface area contributed by atoms with Gasteiger partial charge in [0.1, 0.15) is 5.60 Å². The molecule has 1 fully saturated rings. The van der Waals surface area contributed by atoms with Gasteiger partial charge in [0.25, 0.3) is 0 Å². The van der Waals surface area contributed by atoms with Crippen molar-refractivity contribution in [2.45, 2.75) is 39.3 Å². The van der Waals surface area contributed by atoms with E-state index in [1.165, 1.54) is 0 Å². The van der Waals surface area contributed by atoms with Crippen LogP contribution < -0.4 is 4.90 Å². The Bertz CT molecular complexity index is 516. The molecule has 2 heterocycles. The Morgan fingerprint density at radius 1 is 1.38 bits per heavy atom. The van der Waals surface area contributed by atoms with Crippen LogP contribution in [0.15, 0.2) is 22.9 Å². The van der Waals surface area contributed by atoms with Gasteiger partial charge in [-0.3, -0.25) is 4.98 Å². The van der Waals surface area contributed by atoms with Gasteiger partial charge in [0.2, 0.25) is 0 Å². The average Bonchev–Trinajstić information content (AvgIpc) is 2.36. The van der Waals surface area contributed by atoms with Gasteiger partial charge in [-0.2, -0.15) is 0 Å². The molecule has 1 atom stereocenters. The van der Waals surface area contributed by atoms with Crippen LogP contribution in [0.25, 0.3) is 0 Å². The topological polar surface area (TPSA) is 45.7 Å². The van der Waals surface area contributed by atoms with Crippen LogP contribution in [-0.2, 0) is 4.74 Å². The lowest BCUT2D eigenvalue weighted by Gasteiger charge is -2.41. The molecule has 1 aromatic rings. The van der Waals surface area contributed by atoms with Gasteiger partial charge < -0.3 is 14.5 Å². The van der Waals surface area contributed by atoms with E-state index in [0.717, 1.165) is 16.7 Å². The molecule has 0 radical (unpaired) electrons. The molecular weight excluding hydrogens is 334 g/mol. The van der Waals surface area contributed by atoms with Crippen molar-refractivity contribution in [3.63, 3.8) is 0 Å². The molecule has 1 aliphatic heterocycles. The second-order valence-corrected chi connectivity index (χ2v) is 7.25. The maximum Gasteiger partial charge on any atom is 0.410 e. The maximum absolute atomic E-state index is 12.1. The molecule has 1 aromatic heterocycles. The van der Waals surface area contributed by atoms with Gasteiger partial charge in [-0.1, -0.05) is 0 Å². The van der Waals surface area contributed by atoms with Gasteiger partial charge in [0.05, 0.1) is 11.9 Å². The normalized spacial score (nSPS) is 19.6. The highest BCUT2D eigenvalue weighted by molar-refractivity contribution is 9.10. The van der Waals surface area contributed by atoms with E-state index < -0.39 is 5.60 Å². The van der Waals surface area contributed by atoms with E-state index in [4.69, 9.17) is 4.74 Å². The number of carbonyl (C=O) groups excluding carboxylic acids is 1. The Morgan fingerprint density at radius 2 is 2.10 bits per heavy atom. The van der Waals surface area contributed by atoms with Crippen LogP contribution in [0.2, 0.25) is 0 Å². The van der Waals surface area contributed by atoms with Crippen molar-refractivity contribution in [1.82, 2.24) is 9.88 Å². The van der Waals surface area contributed by atoms with Gasteiger partial charge in [-0.05, 0) is 49.7 Å². The number of anilines is 1. The number of halogens is 1. The summed E-state index contributed by atoms with van der Waals surface area (Å²) in [6.07, 6.45) is 3.39. The summed E-state index contributed by atoms with van der Waals surface area (Å²) in [4.78, 5) is 20.4. The molecule has 0 saturated carbocycles. The van der Waals surface area contributed by atoms with Crippen LogP contribution >= 0.6 is 15.9 Å². The zero-order chi connectivity index (χ0) is 15.6. The first-order chi connectivity index (χ1) is 9.76. The van der Waals surface area contributed by atoms with Crippen molar-refractivity contribution in [1.29, 1.82) is 0 Å². The minimum Gasteiger partial charge on any atom is -0.444 e. The summed E-state index contributed by atoms with van der Waals surface area (Å²) < 4.78 is 6.39. The van der Waals surface area contributed by atoms with Gasteiger partial charge in [-0.25, -0.2) is 4.79 Å². The number of hydrogen-bond acceptors (Lipinski definition) is 4. The molecule has 0 aliphatic carbocycles. The summed E-state index contributed by atoms with van der Waals surface area (Å²) in [5.41, 5.74) is 0.617. The van der Waals surface area contributed by atoms with Gasteiger partial charge in [-0.15, -0.1) is 0 Å². The lowest BCUT2D eigenvalue weighted by atomic mass is 10.1. The van der Waals surface area contributed by atoms with Crippen LogP contribution in [0.3, 0.4) is 0 Å². The molecule has 21 heavy (non-hydrogen) atoms. The van der Waals surface area contributed by atoms with E-state index >= 15 is 0 Å². The Labute approximate surface area is 134 Å². The highest BCUT2D eigenvalue weighted by Crippen LogP contribution is 2.23. The highest BCUT2D eigenvalue weighted by Gasteiger charge is 2.30. The minimum absolute atomic E-state index is 0.224. The minimum atomic E-state index is -0.453. The molecule has 2 rings (SSSR count). The number of pyridine rings is 1. The molecule has 1 saturated heterocycles. The summed E-state index contributed by atoms with van der Waals surface area (Å²) in [6, 6.07) is 2.27. The van der Waals surface area contributed by atoms with Gasteiger partial charge >= 0.3 is 6.09 Å². The third-order valence-electron chi connectivity index (χ3n) is 3.30.